The summed E-state index contributed by atoms with van der Waals surface area (Å²) in [5, 5.41) is 2.44. The van der Waals surface area contributed by atoms with Gasteiger partial charge in [0.1, 0.15) is 5.75 Å². The van der Waals surface area contributed by atoms with Crippen LogP contribution >= 0.6 is 0 Å². The number of carbonyl (C=O) groups excluding carboxylic acids is 2. The fourth-order valence-electron chi connectivity index (χ4n) is 1.05. The van der Waals surface area contributed by atoms with Crippen molar-refractivity contribution in [1.29, 1.82) is 0 Å². The van der Waals surface area contributed by atoms with E-state index in [2.05, 4.69) is 10.1 Å². The Hall–Kier alpha value is -2.04. The highest BCUT2D eigenvalue weighted by atomic mass is 16.5. The Morgan fingerprint density at radius 3 is 2.38 bits per heavy atom. The average Bonchev–Trinajstić information content (AvgIpc) is 2.28. The highest BCUT2D eigenvalue weighted by molar-refractivity contribution is 5.94. The van der Waals surface area contributed by atoms with E-state index in [0.717, 1.165) is 0 Å². The van der Waals surface area contributed by atoms with Crippen LogP contribution in [0, 0.1) is 0 Å². The molecule has 0 heterocycles. The van der Waals surface area contributed by atoms with E-state index in [4.69, 9.17) is 4.74 Å². The number of methoxy groups -OCH3 is 1. The maximum Gasteiger partial charge on any atom is 0.304 e. The fraction of sp³-hybridized carbons (Fsp3) is 0.273. The number of nitrogens with one attached hydrogen (secondary N) is 1. The van der Waals surface area contributed by atoms with Gasteiger partial charge in [-0.3, -0.25) is 9.59 Å². The molecule has 0 bridgehead atoms. The molecule has 0 aliphatic rings. The monoisotopic (exact) mass is 223 g/mol. The van der Waals surface area contributed by atoms with E-state index in [1.54, 1.807) is 31.4 Å². The van der Waals surface area contributed by atoms with E-state index in [-0.39, 0.29) is 12.6 Å². The van der Waals surface area contributed by atoms with Crippen LogP contribution < -0.4 is 10.1 Å². The van der Waals surface area contributed by atoms with E-state index < -0.39 is 5.97 Å². The third-order valence-electron chi connectivity index (χ3n) is 1.86. The minimum atomic E-state index is -0.435. The molecule has 86 valence electrons. The van der Waals surface area contributed by atoms with Crippen molar-refractivity contribution in [2.75, 3.05) is 13.8 Å². The molecule has 1 N–H and O–H groups in total. The molecule has 0 aromatic heterocycles. The normalized spacial score (nSPS) is 9.38. The Morgan fingerprint density at radius 2 is 1.88 bits per heavy atom. The van der Waals surface area contributed by atoms with Crippen LogP contribution in [0.5, 0.6) is 5.75 Å². The summed E-state index contributed by atoms with van der Waals surface area (Å²) in [6, 6.07) is 6.62. The number of hydrogen-bond donors (Lipinski definition) is 1. The first-order chi connectivity index (χ1) is 7.63. The zero-order valence-corrected chi connectivity index (χ0v) is 9.15. The first kappa shape index (κ1) is 12.0. The van der Waals surface area contributed by atoms with Crippen molar-refractivity contribution in [2.45, 2.75) is 6.92 Å². The summed E-state index contributed by atoms with van der Waals surface area (Å²) in [5.41, 5.74) is 0.480. The summed E-state index contributed by atoms with van der Waals surface area (Å²) in [5.74, 6) is -0.0598. The van der Waals surface area contributed by atoms with Crippen molar-refractivity contribution in [1.82, 2.24) is 5.32 Å². The van der Waals surface area contributed by atoms with Gasteiger partial charge in [-0.2, -0.15) is 0 Å². The molecule has 0 atom stereocenters. The maximum absolute atomic E-state index is 11.5. The number of amides is 1. The molecule has 0 saturated heterocycles. The van der Waals surface area contributed by atoms with Gasteiger partial charge in [-0.25, -0.2) is 0 Å². The van der Waals surface area contributed by atoms with Crippen molar-refractivity contribution < 1.29 is 19.1 Å². The molecular weight excluding hydrogens is 210 g/mol. The highest BCUT2D eigenvalue weighted by Crippen LogP contribution is 2.10. The number of rotatable bonds is 4. The Bertz CT molecular complexity index is 372. The minimum absolute atomic E-state index is 0.125. The summed E-state index contributed by atoms with van der Waals surface area (Å²) >= 11 is 0. The summed E-state index contributed by atoms with van der Waals surface area (Å²) in [4.78, 5) is 21.9. The van der Waals surface area contributed by atoms with Gasteiger partial charge in [-0.15, -0.1) is 0 Å². The lowest BCUT2D eigenvalue weighted by molar-refractivity contribution is -0.141. The molecule has 5 nitrogen and oxygen atoms in total. The molecule has 0 aliphatic carbocycles. The number of carbonyl (C=O) groups is 2. The number of hydrogen-bond acceptors (Lipinski definition) is 4. The Labute approximate surface area is 93.4 Å². The van der Waals surface area contributed by atoms with E-state index in [0.29, 0.717) is 11.3 Å². The van der Waals surface area contributed by atoms with Crippen molar-refractivity contribution in [2.24, 2.45) is 0 Å². The van der Waals surface area contributed by atoms with E-state index >= 15 is 0 Å². The summed E-state index contributed by atoms with van der Waals surface area (Å²) in [7, 11) is 1.55. The predicted octanol–water partition coefficient (Wildman–Crippen LogP) is 0.946. The first-order valence-corrected chi connectivity index (χ1v) is 4.69. The average molecular weight is 223 g/mol. The van der Waals surface area contributed by atoms with Crippen molar-refractivity contribution in [3.8, 4) is 5.75 Å². The largest absolute Gasteiger partial charge is 0.497 e. The first-order valence-electron chi connectivity index (χ1n) is 4.69. The van der Waals surface area contributed by atoms with E-state index in [9.17, 15) is 9.59 Å². The minimum Gasteiger partial charge on any atom is -0.497 e. The van der Waals surface area contributed by atoms with Gasteiger partial charge in [0.05, 0.1) is 7.11 Å². The molecule has 1 aromatic rings. The highest BCUT2D eigenvalue weighted by Gasteiger charge is 2.05. The molecule has 5 heteroatoms. The standard InChI is InChI=1S/C11H13NO4/c1-8(13)16-7-12-11(14)9-3-5-10(15-2)6-4-9/h3-6H,7H2,1-2H3,(H,12,14). The van der Waals surface area contributed by atoms with Crippen LogP contribution in [0.3, 0.4) is 0 Å². The van der Waals surface area contributed by atoms with Crippen LogP contribution in [0.2, 0.25) is 0 Å². The van der Waals surface area contributed by atoms with Gasteiger partial charge in [0.15, 0.2) is 6.73 Å². The van der Waals surface area contributed by atoms with Crippen molar-refractivity contribution in [3.63, 3.8) is 0 Å². The summed E-state index contributed by atoms with van der Waals surface area (Å²) in [6.45, 7) is 1.15. The SMILES string of the molecule is COc1ccc(C(=O)NCOC(C)=O)cc1. The lowest BCUT2D eigenvalue weighted by Crippen LogP contribution is -2.27. The van der Waals surface area contributed by atoms with Gasteiger partial charge in [0.2, 0.25) is 0 Å². The molecule has 0 radical (unpaired) electrons. The smallest absolute Gasteiger partial charge is 0.304 e. The van der Waals surface area contributed by atoms with Gasteiger partial charge >= 0.3 is 5.97 Å². The number of ether oxygens (including phenoxy) is 2. The van der Waals surface area contributed by atoms with E-state index in [1.807, 2.05) is 0 Å². The van der Waals surface area contributed by atoms with Gasteiger partial charge in [-0.1, -0.05) is 0 Å². The molecule has 0 aliphatic heterocycles. The molecule has 0 saturated carbocycles. The van der Waals surface area contributed by atoms with Gasteiger partial charge in [-0.05, 0) is 24.3 Å². The summed E-state index contributed by atoms with van der Waals surface area (Å²) < 4.78 is 9.54. The van der Waals surface area contributed by atoms with Crippen molar-refractivity contribution in [3.05, 3.63) is 29.8 Å². The summed E-state index contributed by atoms with van der Waals surface area (Å²) in [6.07, 6.45) is 0. The molecule has 16 heavy (non-hydrogen) atoms. The van der Waals surface area contributed by atoms with Crippen LogP contribution in [0.15, 0.2) is 24.3 Å². The van der Waals surface area contributed by atoms with E-state index in [1.165, 1.54) is 6.92 Å². The third kappa shape index (κ3) is 3.61. The number of benzene rings is 1. The zero-order valence-electron chi connectivity index (χ0n) is 9.15. The van der Waals surface area contributed by atoms with Crippen LogP contribution in [-0.2, 0) is 9.53 Å². The third-order valence-corrected chi connectivity index (χ3v) is 1.86. The number of esters is 1. The zero-order chi connectivity index (χ0) is 12.0. The van der Waals surface area contributed by atoms with Crippen LogP contribution in [0.1, 0.15) is 17.3 Å². The van der Waals surface area contributed by atoms with Crippen LogP contribution in [0.25, 0.3) is 0 Å². The van der Waals surface area contributed by atoms with Crippen LogP contribution in [0.4, 0.5) is 0 Å². The quantitative estimate of drug-likeness (QED) is 0.609. The second kappa shape index (κ2) is 5.75. The second-order valence-corrected chi connectivity index (χ2v) is 3.01. The molecule has 1 aromatic carbocycles. The molecule has 1 amide bonds. The van der Waals surface area contributed by atoms with Crippen molar-refractivity contribution >= 4 is 11.9 Å². The lowest BCUT2D eigenvalue weighted by atomic mass is 10.2. The topological polar surface area (TPSA) is 64.6 Å². The Balaban J connectivity index is 2.49. The van der Waals surface area contributed by atoms with Crippen LogP contribution in [-0.4, -0.2) is 25.7 Å². The lowest BCUT2D eigenvalue weighted by Gasteiger charge is -2.05. The fourth-order valence-corrected chi connectivity index (χ4v) is 1.05. The second-order valence-electron chi connectivity index (χ2n) is 3.01. The molecule has 0 spiro atoms. The van der Waals surface area contributed by atoms with Gasteiger partial charge < -0.3 is 14.8 Å². The van der Waals surface area contributed by atoms with Gasteiger partial charge in [0.25, 0.3) is 5.91 Å². The predicted molar refractivity (Wildman–Crippen MR) is 57.1 cm³/mol. The Morgan fingerprint density at radius 1 is 1.25 bits per heavy atom. The molecule has 1 rings (SSSR count). The maximum atomic E-state index is 11.5. The molecular formula is C11H13NO4. The molecule has 0 fully saturated rings. The van der Waals surface area contributed by atoms with Gasteiger partial charge in [0, 0.05) is 12.5 Å². The Kier molecular flexibility index (Phi) is 4.32. The molecule has 0 unspecified atom stereocenters.